The number of amides is 1. The Balaban J connectivity index is 3.41. The summed E-state index contributed by atoms with van der Waals surface area (Å²) >= 11 is 0. The third-order valence-corrected chi connectivity index (χ3v) is 2.02. The summed E-state index contributed by atoms with van der Waals surface area (Å²) in [6.45, 7) is 7.87. The van der Waals surface area contributed by atoms with Crippen LogP contribution in [0.3, 0.4) is 0 Å². The molecule has 0 saturated heterocycles. The van der Waals surface area contributed by atoms with Gasteiger partial charge in [-0.1, -0.05) is 19.0 Å². The zero-order valence-corrected chi connectivity index (χ0v) is 8.86. The Hall–Kier alpha value is -1.10. The largest absolute Gasteiger partial charge is 0.411 e. The fourth-order valence-corrected chi connectivity index (χ4v) is 1.15. The second-order valence-electron chi connectivity index (χ2n) is 2.92. The normalized spacial score (nSPS) is 11.1. The van der Waals surface area contributed by atoms with E-state index in [0.717, 1.165) is 32.3 Å². The number of oxime groups is 1. The van der Waals surface area contributed by atoms with E-state index in [9.17, 15) is 4.79 Å². The summed E-state index contributed by atoms with van der Waals surface area (Å²) in [5.74, 6) is -0.355. The summed E-state index contributed by atoms with van der Waals surface area (Å²) in [4.78, 5) is 13.1. The first-order chi connectivity index (χ1) is 6.74. The molecular formula is C9H19N3O2. The Kier molecular flexibility index (Phi) is 7.83. The minimum absolute atomic E-state index is 0.355. The zero-order valence-electron chi connectivity index (χ0n) is 8.86. The van der Waals surface area contributed by atoms with E-state index < -0.39 is 0 Å². The molecule has 0 aromatic rings. The van der Waals surface area contributed by atoms with E-state index in [0.29, 0.717) is 6.54 Å². The van der Waals surface area contributed by atoms with Gasteiger partial charge in [-0.15, -0.1) is 0 Å². The molecule has 0 fully saturated rings. The highest BCUT2D eigenvalue weighted by Gasteiger charge is 1.99. The smallest absolute Gasteiger partial charge is 0.265 e. The van der Waals surface area contributed by atoms with Crippen LogP contribution in [-0.2, 0) is 4.79 Å². The highest BCUT2D eigenvalue weighted by atomic mass is 16.4. The van der Waals surface area contributed by atoms with Gasteiger partial charge >= 0.3 is 0 Å². The van der Waals surface area contributed by atoms with Crippen LogP contribution in [0.2, 0.25) is 0 Å². The first-order valence-corrected chi connectivity index (χ1v) is 4.92. The number of carbonyl (C=O) groups is 1. The maximum absolute atomic E-state index is 10.8. The van der Waals surface area contributed by atoms with Crippen LogP contribution >= 0.6 is 0 Å². The lowest BCUT2D eigenvalue weighted by Crippen LogP contribution is -2.30. The van der Waals surface area contributed by atoms with E-state index in [2.05, 4.69) is 29.2 Å². The van der Waals surface area contributed by atoms with Gasteiger partial charge in [-0.25, -0.2) is 0 Å². The van der Waals surface area contributed by atoms with Crippen molar-refractivity contribution in [1.82, 2.24) is 10.2 Å². The Bertz CT molecular complexity index is 179. The second-order valence-corrected chi connectivity index (χ2v) is 2.92. The summed E-state index contributed by atoms with van der Waals surface area (Å²) in [7, 11) is 0. The van der Waals surface area contributed by atoms with E-state index in [-0.39, 0.29) is 5.91 Å². The summed E-state index contributed by atoms with van der Waals surface area (Å²) in [5.41, 5.74) is 0. The number of rotatable bonds is 7. The lowest BCUT2D eigenvalue weighted by Gasteiger charge is -2.17. The molecule has 82 valence electrons. The molecule has 0 aliphatic rings. The molecule has 0 aromatic carbocycles. The van der Waals surface area contributed by atoms with Crippen molar-refractivity contribution in [2.75, 3.05) is 26.2 Å². The molecule has 0 atom stereocenters. The lowest BCUT2D eigenvalue weighted by molar-refractivity contribution is -0.114. The van der Waals surface area contributed by atoms with Gasteiger partial charge in [0.2, 0.25) is 0 Å². The molecule has 5 nitrogen and oxygen atoms in total. The topological polar surface area (TPSA) is 64.9 Å². The number of hydrogen-bond acceptors (Lipinski definition) is 4. The molecule has 0 bridgehead atoms. The molecule has 14 heavy (non-hydrogen) atoms. The van der Waals surface area contributed by atoms with Crippen LogP contribution in [0, 0.1) is 0 Å². The van der Waals surface area contributed by atoms with Crippen molar-refractivity contribution in [2.45, 2.75) is 20.3 Å². The average Bonchev–Trinajstić information content (AvgIpc) is 2.19. The van der Waals surface area contributed by atoms with Gasteiger partial charge in [0.1, 0.15) is 6.21 Å². The van der Waals surface area contributed by atoms with Gasteiger partial charge in [-0.3, -0.25) is 4.79 Å². The number of nitrogens with one attached hydrogen (secondary N) is 1. The molecule has 0 unspecified atom stereocenters. The van der Waals surface area contributed by atoms with Gasteiger partial charge in [-0.2, -0.15) is 0 Å². The Labute approximate surface area is 84.8 Å². The molecule has 0 spiro atoms. The zero-order chi connectivity index (χ0) is 10.8. The molecule has 5 heteroatoms. The molecular weight excluding hydrogens is 182 g/mol. The van der Waals surface area contributed by atoms with Gasteiger partial charge in [-0.05, 0) is 26.1 Å². The Morgan fingerprint density at radius 3 is 2.64 bits per heavy atom. The average molecular weight is 201 g/mol. The molecule has 2 N–H and O–H groups in total. The monoisotopic (exact) mass is 201 g/mol. The third-order valence-electron chi connectivity index (χ3n) is 2.02. The van der Waals surface area contributed by atoms with Gasteiger partial charge < -0.3 is 15.4 Å². The summed E-state index contributed by atoms with van der Waals surface area (Å²) in [6.07, 6.45) is 1.77. The van der Waals surface area contributed by atoms with Crippen LogP contribution in [0.25, 0.3) is 0 Å². The number of carbonyl (C=O) groups excluding carboxylic acids is 1. The van der Waals surface area contributed by atoms with E-state index >= 15 is 0 Å². The van der Waals surface area contributed by atoms with Crippen LogP contribution in [0.15, 0.2) is 5.16 Å². The van der Waals surface area contributed by atoms with Crippen molar-refractivity contribution < 1.29 is 10.0 Å². The molecule has 0 saturated carbocycles. The van der Waals surface area contributed by atoms with Crippen molar-refractivity contribution in [1.29, 1.82) is 0 Å². The van der Waals surface area contributed by atoms with E-state index in [1.54, 1.807) is 0 Å². The van der Waals surface area contributed by atoms with E-state index in [1.807, 2.05) is 0 Å². The fraction of sp³-hybridized carbons (Fsp3) is 0.778. The molecule has 0 heterocycles. The maximum atomic E-state index is 10.8. The molecule has 0 aliphatic heterocycles. The lowest BCUT2D eigenvalue weighted by atomic mass is 10.3. The standard InChI is InChI=1S/C9H19N3O2/c1-3-12(4-2)7-5-6-10-9(13)8-11-14/h8,14H,3-7H2,1-2H3,(H,10,13)/b11-8+. The second kappa shape index (κ2) is 8.50. The van der Waals surface area contributed by atoms with Crippen LogP contribution in [-0.4, -0.2) is 48.4 Å². The van der Waals surface area contributed by atoms with Gasteiger partial charge in [0.25, 0.3) is 5.91 Å². The van der Waals surface area contributed by atoms with Gasteiger partial charge in [0.05, 0.1) is 0 Å². The Morgan fingerprint density at radius 2 is 2.14 bits per heavy atom. The van der Waals surface area contributed by atoms with E-state index in [4.69, 9.17) is 5.21 Å². The van der Waals surface area contributed by atoms with Crippen molar-refractivity contribution in [3.05, 3.63) is 0 Å². The first-order valence-electron chi connectivity index (χ1n) is 4.92. The SMILES string of the molecule is CCN(CC)CCCNC(=O)/C=N/O. The predicted molar refractivity (Wildman–Crippen MR) is 55.7 cm³/mol. The van der Waals surface area contributed by atoms with Crippen molar-refractivity contribution in [3.63, 3.8) is 0 Å². The Morgan fingerprint density at radius 1 is 1.50 bits per heavy atom. The summed E-state index contributed by atoms with van der Waals surface area (Å²) < 4.78 is 0. The summed E-state index contributed by atoms with van der Waals surface area (Å²) in [5, 5.41) is 13.3. The highest BCUT2D eigenvalue weighted by molar-refractivity contribution is 6.25. The molecule has 0 radical (unpaired) electrons. The maximum Gasteiger partial charge on any atom is 0.265 e. The summed E-state index contributed by atoms with van der Waals surface area (Å²) in [6, 6.07) is 0. The highest BCUT2D eigenvalue weighted by Crippen LogP contribution is 1.88. The van der Waals surface area contributed by atoms with Crippen LogP contribution in [0.4, 0.5) is 0 Å². The minimum atomic E-state index is -0.355. The van der Waals surface area contributed by atoms with Gasteiger partial charge in [0.15, 0.2) is 0 Å². The minimum Gasteiger partial charge on any atom is -0.411 e. The first kappa shape index (κ1) is 12.9. The van der Waals surface area contributed by atoms with Crippen LogP contribution in [0.5, 0.6) is 0 Å². The molecule has 0 aliphatic carbocycles. The van der Waals surface area contributed by atoms with E-state index in [1.165, 1.54) is 0 Å². The fourth-order valence-electron chi connectivity index (χ4n) is 1.15. The van der Waals surface area contributed by atoms with Crippen LogP contribution in [0.1, 0.15) is 20.3 Å². The van der Waals surface area contributed by atoms with Crippen molar-refractivity contribution >= 4 is 12.1 Å². The van der Waals surface area contributed by atoms with Crippen molar-refractivity contribution in [2.24, 2.45) is 5.16 Å². The molecule has 0 aromatic heterocycles. The van der Waals surface area contributed by atoms with Crippen molar-refractivity contribution in [3.8, 4) is 0 Å². The number of hydrogen-bond donors (Lipinski definition) is 2. The quantitative estimate of drug-likeness (QED) is 0.269. The molecule has 1 amide bonds. The number of nitrogens with zero attached hydrogens (tertiary/aromatic N) is 2. The molecule has 0 rings (SSSR count). The van der Waals surface area contributed by atoms with Crippen LogP contribution < -0.4 is 5.32 Å². The third kappa shape index (κ3) is 6.42. The predicted octanol–water partition coefficient (Wildman–Crippen LogP) is 0.294. The van der Waals surface area contributed by atoms with Gasteiger partial charge in [0, 0.05) is 6.54 Å².